The van der Waals surface area contributed by atoms with Gasteiger partial charge in [0.05, 0.1) is 22.2 Å². The Kier molecular flexibility index (Phi) is 6.89. The van der Waals surface area contributed by atoms with E-state index < -0.39 is 16.1 Å². The fourth-order valence-electron chi connectivity index (χ4n) is 4.11. The maximum absolute atomic E-state index is 13.3. The van der Waals surface area contributed by atoms with Gasteiger partial charge in [-0.1, -0.05) is 53.7 Å². The van der Waals surface area contributed by atoms with Crippen LogP contribution < -0.4 is 9.62 Å². The van der Waals surface area contributed by atoms with Gasteiger partial charge in [-0.3, -0.25) is 4.79 Å². The summed E-state index contributed by atoms with van der Waals surface area (Å²) in [5.74, 6) is 0.472. The van der Waals surface area contributed by atoms with Crippen LogP contribution in [-0.2, 0) is 10.0 Å². The third-order valence-electron chi connectivity index (χ3n) is 6.01. The molecule has 1 amide bonds. The number of hydrogen-bond acceptors (Lipinski definition) is 7. The number of carbonyl (C=O) groups excluding carboxylic acids is 1. The number of benzene rings is 3. The van der Waals surface area contributed by atoms with E-state index in [9.17, 15) is 13.2 Å². The maximum atomic E-state index is 13.3. The van der Waals surface area contributed by atoms with E-state index >= 15 is 0 Å². The highest BCUT2D eigenvalue weighted by Gasteiger charge is 2.28. The molecule has 0 spiro atoms. The van der Waals surface area contributed by atoms with Crippen molar-refractivity contribution in [3.63, 3.8) is 0 Å². The summed E-state index contributed by atoms with van der Waals surface area (Å²) >= 11 is 1.52. The number of nitrogens with zero attached hydrogens (tertiary/aromatic N) is 3. The van der Waals surface area contributed by atoms with E-state index in [0.29, 0.717) is 23.5 Å². The number of rotatable bonds is 7. The van der Waals surface area contributed by atoms with Gasteiger partial charge in [-0.15, -0.1) is 0 Å². The first-order chi connectivity index (χ1) is 17.8. The van der Waals surface area contributed by atoms with Crippen LogP contribution in [0.15, 0.2) is 85.9 Å². The third-order valence-corrected chi connectivity index (χ3v) is 8.69. The van der Waals surface area contributed by atoms with Crippen LogP contribution in [0.1, 0.15) is 48.1 Å². The van der Waals surface area contributed by atoms with Gasteiger partial charge in [0.1, 0.15) is 0 Å². The summed E-state index contributed by atoms with van der Waals surface area (Å²) in [4.78, 5) is 21.5. The van der Waals surface area contributed by atoms with Gasteiger partial charge in [0.25, 0.3) is 5.91 Å². The van der Waals surface area contributed by atoms with E-state index in [1.807, 2.05) is 61.2 Å². The molecule has 190 valence electrons. The molecular formula is C27H26N4O4S2. The Labute approximate surface area is 220 Å². The molecule has 1 N–H and O–H groups in total. The zero-order valence-corrected chi connectivity index (χ0v) is 22.3. The SMILES string of the molecule is CCCN1C(=O)c2ccccc2Sc2cc(-c3noc([C@@H](C)NS(=O)(=O)c4ccc(C)cc4)n3)ccc21. The van der Waals surface area contributed by atoms with Crippen molar-refractivity contribution >= 4 is 33.4 Å². The van der Waals surface area contributed by atoms with Crippen LogP contribution in [0.2, 0.25) is 0 Å². The van der Waals surface area contributed by atoms with E-state index in [1.165, 1.54) is 11.8 Å². The van der Waals surface area contributed by atoms with Gasteiger partial charge in [-0.2, -0.15) is 9.71 Å². The smallest absolute Gasteiger partial charge is 0.259 e. The number of aryl methyl sites for hydroxylation is 1. The summed E-state index contributed by atoms with van der Waals surface area (Å²) in [7, 11) is -3.76. The normalized spacial score (nSPS) is 14.1. The molecule has 1 aliphatic heterocycles. The Hall–Kier alpha value is -3.47. The fourth-order valence-corrected chi connectivity index (χ4v) is 6.42. The number of carbonyl (C=O) groups is 1. The molecule has 0 radical (unpaired) electrons. The van der Waals surface area contributed by atoms with Gasteiger partial charge in [0, 0.05) is 21.9 Å². The minimum atomic E-state index is -3.76. The monoisotopic (exact) mass is 534 g/mol. The van der Waals surface area contributed by atoms with Crippen molar-refractivity contribution < 1.29 is 17.7 Å². The zero-order chi connectivity index (χ0) is 26.2. The third kappa shape index (κ3) is 5.04. The molecule has 0 aliphatic carbocycles. The highest BCUT2D eigenvalue weighted by Crippen LogP contribution is 2.43. The van der Waals surface area contributed by atoms with Crippen LogP contribution in [0, 0.1) is 6.92 Å². The van der Waals surface area contributed by atoms with Crippen molar-refractivity contribution in [1.82, 2.24) is 14.9 Å². The quantitative estimate of drug-likeness (QED) is 0.329. The summed E-state index contributed by atoms with van der Waals surface area (Å²) in [6.07, 6.45) is 0.824. The summed E-state index contributed by atoms with van der Waals surface area (Å²) in [5, 5.41) is 4.10. The molecule has 1 aromatic heterocycles. The molecule has 0 saturated heterocycles. The second kappa shape index (κ2) is 10.1. The van der Waals surface area contributed by atoms with Crippen LogP contribution in [-0.4, -0.2) is 31.0 Å². The van der Waals surface area contributed by atoms with Gasteiger partial charge >= 0.3 is 0 Å². The lowest BCUT2D eigenvalue weighted by Gasteiger charge is -2.22. The number of amides is 1. The van der Waals surface area contributed by atoms with Crippen molar-refractivity contribution in [2.75, 3.05) is 11.4 Å². The second-order valence-corrected chi connectivity index (χ2v) is 11.6. The highest BCUT2D eigenvalue weighted by molar-refractivity contribution is 7.99. The van der Waals surface area contributed by atoms with Crippen LogP contribution in [0.3, 0.4) is 0 Å². The van der Waals surface area contributed by atoms with Crippen molar-refractivity contribution in [2.45, 2.75) is 47.9 Å². The minimum absolute atomic E-state index is 0.0204. The summed E-state index contributed by atoms with van der Waals surface area (Å²) < 4.78 is 33.6. The minimum Gasteiger partial charge on any atom is -0.337 e. The first-order valence-corrected chi connectivity index (χ1v) is 14.2. The largest absolute Gasteiger partial charge is 0.337 e. The van der Waals surface area contributed by atoms with Gasteiger partial charge in [-0.05, 0) is 62.7 Å². The van der Waals surface area contributed by atoms with Gasteiger partial charge in [-0.25, -0.2) is 8.42 Å². The second-order valence-electron chi connectivity index (χ2n) is 8.85. The molecule has 1 atom stereocenters. The lowest BCUT2D eigenvalue weighted by Crippen LogP contribution is -2.31. The van der Waals surface area contributed by atoms with Crippen LogP contribution in [0.5, 0.6) is 0 Å². The van der Waals surface area contributed by atoms with Crippen molar-refractivity contribution in [3.05, 3.63) is 83.7 Å². The van der Waals surface area contributed by atoms with Crippen LogP contribution in [0.25, 0.3) is 11.4 Å². The Balaban J connectivity index is 1.43. The van der Waals surface area contributed by atoms with Crippen molar-refractivity contribution in [3.8, 4) is 11.4 Å². The van der Waals surface area contributed by atoms with Crippen LogP contribution >= 0.6 is 11.8 Å². The van der Waals surface area contributed by atoms with E-state index in [0.717, 1.165) is 27.5 Å². The van der Waals surface area contributed by atoms with Crippen molar-refractivity contribution in [1.29, 1.82) is 0 Å². The Bertz CT molecular complexity index is 1570. The molecule has 8 nitrogen and oxygen atoms in total. The molecular weight excluding hydrogens is 508 g/mol. The number of fused-ring (bicyclic) bond motifs is 2. The molecule has 3 aromatic carbocycles. The molecule has 0 bridgehead atoms. The number of sulfonamides is 1. The lowest BCUT2D eigenvalue weighted by atomic mass is 10.1. The molecule has 2 heterocycles. The molecule has 37 heavy (non-hydrogen) atoms. The van der Waals surface area contributed by atoms with Crippen molar-refractivity contribution in [2.24, 2.45) is 0 Å². The fraction of sp³-hybridized carbons (Fsp3) is 0.222. The summed E-state index contributed by atoms with van der Waals surface area (Å²) in [5.41, 5.74) is 3.19. The highest BCUT2D eigenvalue weighted by atomic mass is 32.2. The Morgan fingerprint density at radius 2 is 1.81 bits per heavy atom. The van der Waals surface area contributed by atoms with E-state index in [-0.39, 0.29) is 16.7 Å². The first-order valence-electron chi connectivity index (χ1n) is 11.9. The number of hydrogen-bond donors (Lipinski definition) is 1. The Morgan fingerprint density at radius 3 is 2.57 bits per heavy atom. The van der Waals surface area contributed by atoms with E-state index in [4.69, 9.17) is 4.52 Å². The number of aromatic nitrogens is 2. The van der Waals surface area contributed by atoms with E-state index in [2.05, 4.69) is 14.9 Å². The average molecular weight is 535 g/mol. The van der Waals surface area contributed by atoms with Gasteiger partial charge in [0.2, 0.25) is 21.7 Å². The van der Waals surface area contributed by atoms with E-state index in [1.54, 1.807) is 31.2 Å². The molecule has 1 aliphatic rings. The molecule has 0 fully saturated rings. The van der Waals surface area contributed by atoms with Crippen LogP contribution in [0.4, 0.5) is 5.69 Å². The molecule has 4 aromatic rings. The topological polar surface area (TPSA) is 105 Å². The molecule has 10 heteroatoms. The molecule has 0 saturated carbocycles. The summed E-state index contributed by atoms with van der Waals surface area (Å²) in [6.45, 7) is 6.19. The van der Waals surface area contributed by atoms with Gasteiger partial charge in [0.15, 0.2) is 0 Å². The Morgan fingerprint density at radius 1 is 1.05 bits per heavy atom. The summed E-state index contributed by atoms with van der Waals surface area (Å²) in [6, 6.07) is 19.1. The lowest BCUT2D eigenvalue weighted by molar-refractivity contribution is 0.0984. The molecule has 0 unspecified atom stereocenters. The maximum Gasteiger partial charge on any atom is 0.259 e. The zero-order valence-electron chi connectivity index (χ0n) is 20.6. The standard InChI is InChI=1S/C27H26N4O4S2/c1-4-15-31-22-14-11-19(16-24(22)36-23-8-6-5-7-21(23)27(31)32)25-28-26(35-29-25)18(3)30-37(33,34)20-12-9-17(2)10-13-20/h5-14,16,18,30H,4,15H2,1-3H3/t18-/m1/s1. The predicted molar refractivity (Wildman–Crippen MR) is 142 cm³/mol. The van der Waals surface area contributed by atoms with Gasteiger partial charge < -0.3 is 9.42 Å². The molecule has 5 rings (SSSR count). The predicted octanol–water partition coefficient (Wildman–Crippen LogP) is 5.61. The number of anilines is 1. The number of nitrogens with one attached hydrogen (secondary N) is 1. The average Bonchev–Trinajstić information content (AvgIpc) is 3.34. The first kappa shape index (κ1) is 25.2.